The molecule has 0 amide bonds. The van der Waals surface area contributed by atoms with Crippen molar-refractivity contribution in [3.05, 3.63) is 47.1 Å². The Bertz CT molecular complexity index is 1420. The molecule has 3 heterocycles. The van der Waals surface area contributed by atoms with Crippen molar-refractivity contribution in [3.63, 3.8) is 0 Å². The van der Waals surface area contributed by atoms with Crippen LogP contribution in [0, 0.1) is 0 Å². The summed E-state index contributed by atoms with van der Waals surface area (Å²) in [5.74, 6) is 0.849. The number of anilines is 1. The summed E-state index contributed by atoms with van der Waals surface area (Å²) in [6.07, 6.45) is 1.85. The van der Waals surface area contributed by atoms with Crippen LogP contribution in [0.25, 0.3) is 22.0 Å². The first kappa shape index (κ1) is 22.0. The second kappa shape index (κ2) is 8.53. The van der Waals surface area contributed by atoms with Crippen molar-refractivity contribution in [2.45, 2.75) is 30.3 Å². The summed E-state index contributed by atoms with van der Waals surface area (Å²) in [6.45, 7) is 2.71. The van der Waals surface area contributed by atoms with Gasteiger partial charge in [0.2, 0.25) is 10.0 Å². The first-order chi connectivity index (χ1) is 15.8. The van der Waals surface area contributed by atoms with Crippen molar-refractivity contribution in [2.24, 2.45) is 5.14 Å². The predicted octanol–water partition coefficient (Wildman–Crippen LogP) is 3.70. The van der Waals surface area contributed by atoms with E-state index in [1.165, 1.54) is 17.8 Å². The maximum Gasteiger partial charge on any atom is 0.295 e. The van der Waals surface area contributed by atoms with E-state index in [2.05, 4.69) is 26.3 Å². The number of rotatable bonds is 6. The van der Waals surface area contributed by atoms with Gasteiger partial charge in [0.15, 0.2) is 5.58 Å². The fourth-order valence-electron chi connectivity index (χ4n) is 4.24. The number of aromatic amines is 1. The van der Waals surface area contributed by atoms with Gasteiger partial charge in [-0.1, -0.05) is 11.6 Å². The van der Waals surface area contributed by atoms with Crippen LogP contribution >= 0.6 is 11.6 Å². The van der Waals surface area contributed by atoms with Crippen LogP contribution in [0.1, 0.15) is 18.5 Å². The van der Waals surface area contributed by atoms with Crippen LogP contribution in [0.2, 0.25) is 5.02 Å². The predicted molar refractivity (Wildman–Crippen MR) is 127 cm³/mol. The molecular formula is C22H24ClN5O4S. The number of methoxy groups -OCH3 is 1. The lowest BCUT2D eigenvalue weighted by Gasteiger charge is -2.31. The van der Waals surface area contributed by atoms with E-state index in [1.54, 1.807) is 7.11 Å². The molecule has 174 valence electrons. The van der Waals surface area contributed by atoms with Crippen molar-refractivity contribution in [2.75, 3.05) is 25.5 Å². The highest BCUT2D eigenvalue weighted by Gasteiger charge is 2.22. The maximum atomic E-state index is 11.7. The number of ether oxygens (including phenoxy) is 1. The zero-order chi connectivity index (χ0) is 23.2. The number of benzene rings is 2. The van der Waals surface area contributed by atoms with Gasteiger partial charge in [0.1, 0.15) is 16.2 Å². The molecule has 4 aromatic rings. The van der Waals surface area contributed by atoms with Crippen molar-refractivity contribution in [1.82, 2.24) is 14.9 Å². The molecule has 2 aromatic heterocycles. The van der Waals surface area contributed by atoms with E-state index in [0.717, 1.165) is 49.1 Å². The third kappa shape index (κ3) is 4.65. The van der Waals surface area contributed by atoms with E-state index in [4.69, 9.17) is 25.9 Å². The number of nitrogens with one attached hydrogen (secondary N) is 2. The number of nitrogens with zero attached hydrogens (tertiary/aromatic N) is 2. The van der Waals surface area contributed by atoms with Crippen LogP contribution in [0.15, 0.2) is 45.7 Å². The summed E-state index contributed by atoms with van der Waals surface area (Å²) in [5, 5.41) is 9.69. The number of hydrogen-bond donors (Lipinski definition) is 3. The first-order valence-electron chi connectivity index (χ1n) is 10.6. The van der Waals surface area contributed by atoms with Gasteiger partial charge in [-0.3, -0.25) is 4.90 Å². The molecule has 0 unspecified atom stereocenters. The molecule has 5 rings (SSSR count). The Morgan fingerprint density at radius 1 is 1.27 bits per heavy atom. The number of sulfonamides is 1. The Kier molecular flexibility index (Phi) is 5.69. The summed E-state index contributed by atoms with van der Waals surface area (Å²) in [6, 6.07) is 11.5. The average molecular weight is 490 g/mol. The van der Waals surface area contributed by atoms with Crippen molar-refractivity contribution < 1.29 is 17.6 Å². The molecule has 1 aliphatic heterocycles. The second-order valence-electron chi connectivity index (χ2n) is 8.26. The molecule has 0 saturated carbocycles. The molecule has 1 saturated heterocycles. The smallest absolute Gasteiger partial charge is 0.295 e. The third-order valence-electron chi connectivity index (χ3n) is 5.94. The zero-order valence-corrected chi connectivity index (χ0v) is 19.5. The van der Waals surface area contributed by atoms with Crippen LogP contribution in [0.5, 0.6) is 5.75 Å². The van der Waals surface area contributed by atoms with E-state index >= 15 is 0 Å². The normalized spacial score (nSPS) is 16.0. The van der Waals surface area contributed by atoms with Gasteiger partial charge >= 0.3 is 0 Å². The second-order valence-corrected chi connectivity index (χ2v) is 10.2. The van der Waals surface area contributed by atoms with E-state index in [0.29, 0.717) is 17.1 Å². The monoisotopic (exact) mass is 489 g/mol. The number of aromatic nitrogens is 2. The van der Waals surface area contributed by atoms with E-state index in [-0.39, 0.29) is 16.0 Å². The molecule has 1 fully saturated rings. The summed E-state index contributed by atoms with van der Waals surface area (Å²) < 4.78 is 34.3. The molecule has 9 nitrogen and oxygen atoms in total. The van der Waals surface area contributed by atoms with Crippen LogP contribution in [-0.2, 0) is 16.6 Å². The van der Waals surface area contributed by atoms with Gasteiger partial charge < -0.3 is 19.5 Å². The molecule has 2 aromatic carbocycles. The van der Waals surface area contributed by atoms with Crippen molar-refractivity contribution in [1.29, 1.82) is 0 Å². The van der Waals surface area contributed by atoms with Gasteiger partial charge in [0.25, 0.3) is 6.01 Å². The fraction of sp³-hybridized carbons (Fsp3) is 0.318. The number of halogens is 1. The van der Waals surface area contributed by atoms with Crippen LogP contribution < -0.4 is 15.2 Å². The number of likely N-dealkylation sites (tertiary alicyclic amines) is 1. The topological polar surface area (TPSA) is 126 Å². The van der Waals surface area contributed by atoms with Crippen molar-refractivity contribution >= 4 is 49.6 Å². The average Bonchev–Trinajstić information content (AvgIpc) is 3.35. The molecule has 0 spiro atoms. The molecule has 0 aliphatic carbocycles. The Labute approximate surface area is 195 Å². The molecular weight excluding hydrogens is 466 g/mol. The molecule has 0 radical (unpaired) electrons. The molecule has 4 N–H and O–H groups in total. The SMILES string of the molecule is COc1ccc2[nH]c(CN3CCC(Nc4nc5cc(Cl)c(S(N)(=O)=O)cc5o4)CC3)cc2c1. The number of fused-ring (bicyclic) bond motifs is 2. The lowest BCUT2D eigenvalue weighted by atomic mass is 10.1. The molecule has 0 bridgehead atoms. The van der Waals surface area contributed by atoms with Gasteiger partial charge in [0, 0.05) is 48.3 Å². The quantitative estimate of drug-likeness (QED) is 0.377. The van der Waals surface area contributed by atoms with Gasteiger partial charge in [-0.2, -0.15) is 4.98 Å². The molecule has 0 atom stereocenters. The minimum Gasteiger partial charge on any atom is -0.497 e. The first-order valence-corrected chi connectivity index (χ1v) is 12.5. The summed E-state index contributed by atoms with van der Waals surface area (Å²) in [4.78, 5) is 10.1. The number of oxazole rings is 1. The van der Waals surface area contributed by atoms with E-state index in [9.17, 15) is 8.42 Å². The lowest BCUT2D eigenvalue weighted by molar-refractivity contribution is 0.208. The molecule has 1 aliphatic rings. The lowest BCUT2D eigenvalue weighted by Crippen LogP contribution is -2.38. The summed E-state index contributed by atoms with van der Waals surface area (Å²) in [5.41, 5.74) is 3.07. The van der Waals surface area contributed by atoms with Gasteiger partial charge in [-0.15, -0.1) is 0 Å². The Hall–Kier alpha value is -2.79. The Balaban J connectivity index is 1.21. The van der Waals surface area contributed by atoms with Gasteiger partial charge in [-0.05, 0) is 43.2 Å². The number of primary sulfonamides is 1. The third-order valence-corrected chi connectivity index (χ3v) is 7.32. The Morgan fingerprint density at radius 3 is 2.79 bits per heavy atom. The van der Waals surface area contributed by atoms with Gasteiger partial charge in [0.05, 0.1) is 12.1 Å². The largest absolute Gasteiger partial charge is 0.497 e. The number of piperidine rings is 1. The van der Waals surface area contributed by atoms with Gasteiger partial charge in [-0.25, -0.2) is 13.6 Å². The standard InChI is InChI=1S/C22H24ClN5O4S/c1-31-16-2-3-18-13(9-16)8-15(25-18)12-28-6-4-14(5-7-28)26-22-27-19-10-17(23)21(33(24,29)30)11-20(19)32-22/h2-3,8-11,14,25H,4-7,12H2,1H3,(H,26,27)(H2,24,29,30). The molecule has 11 heteroatoms. The Morgan fingerprint density at radius 2 is 2.06 bits per heavy atom. The highest BCUT2D eigenvalue weighted by atomic mass is 35.5. The van der Waals surface area contributed by atoms with Crippen molar-refractivity contribution in [3.8, 4) is 5.75 Å². The fourth-order valence-corrected chi connectivity index (χ4v) is 5.33. The maximum absolute atomic E-state index is 11.7. The summed E-state index contributed by atoms with van der Waals surface area (Å²) >= 11 is 6.04. The molecule has 33 heavy (non-hydrogen) atoms. The number of H-pyrrole nitrogens is 1. The number of nitrogens with two attached hydrogens (primary N) is 1. The van der Waals surface area contributed by atoms with E-state index < -0.39 is 10.0 Å². The van der Waals surface area contributed by atoms with E-state index in [1.807, 2.05) is 18.2 Å². The summed E-state index contributed by atoms with van der Waals surface area (Å²) in [7, 11) is -2.27. The van der Waals surface area contributed by atoms with Crippen LogP contribution in [0.4, 0.5) is 6.01 Å². The minimum atomic E-state index is -3.94. The van der Waals surface area contributed by atoms with Crippen LogP contribution in [0.3, 0.4) is 0 Å². The number of hydrogen-bond acceptors (Lipinski definition) is 7. The highest BCUT2D eigenvalue weighted by Crippen LogP contribution is 2.29. The zero-order valence-electron chi connectivity index (χ0n) is 18.0. The van der Waals surface area contributed by atoms with Crippen LogP contribution in [-0.4, -0.2) is 49.5 Å². The minimum absolute atomic E-state index is 0.0218. The highest BCUT2D eigenvalue weighted by molar-refractivity contribution is 7.89.